The molecular weight excluding hydrogens is 342 g/mol. The van der Waals surface area contributed by atoms with E-state index in [9.17, 15) is 4.79 Å². The molecule has 3 rings (SSSR count). The Morgan fingerprint density at radius 3 is 2.54 bits per heavy atom. The van der Waals surface area contributed by atoms with Crippen LogP contribution >= 0.6 is 12.2 Å². The minimum absolute atomic E-state index is 0.195. The molecule has 1 atom stereocenters. The summed E-state index contributed by atoms with van der Waals surface area (Å²) >= 11 is 5.28. The van der Waals surface area contributed by atoms with Gasteiger partial charge in [0.25, 0.3) is 5.91 Å². The van der Waals surface area contributed by atoms with Gasteiger partial charge in [0.15, 0.2) is 5.11 Å². The third-order valence-electron chi connectivity index (χ3n) is 4.88. The Hall–Kier alpha value is -2.40. The van der Waals surface area contributed by atoms with Crippen LogP contribution in [0.3, 0.4) is 0 Å². The van der Waals surface area contributed by atoms with Crippen LogP contribution in [0.15, 0.2) is 48.5 Å². The molecule has 0 saturated carbocycles. The largest absolute Gasteiger partial charge is 0.369 e. The molecule has 1 aliphatic heterocycles. The Morgan fingerprint density at radius 2 is 1.85 bits per heavy atom. The van der Waals surface area contributed by atoms with E-state index in [1.54, 1.807) is 6.07 Å². The molecule has 2 N–H and O–H groups in total. The lowest BCUT2D eigenvalue weighted by Crippen LogP contribution is -2.37. The van der Waals surface area contributed by atoms with Gasteiger partial charge in [0, 0.05) is 29.5 Å². The van der Waals surface area contributed by atoms with E-state index in [2.05, 4.69) is 34.6 Å². The fraction of sp³-hybridized carbons (Fsp3) is 0.333. The van der Waals surface area contributed by atoms with E-state index in [-0.39, 0.29) is 5.91 Å². The Bertz CT molecular complexity index is 788. The number of benzene rings is 2. The molecule has 5 heteroatoms. The second-order valence-electron chi connectivity index (χ2n) is 6.81. The summed E-state index contributed by atoms with van der Waals surface area (Å²) in [5, 5.41) is 6.13. The molecule has 1 fully saturated rings. The SMILES string of the molecule is Cc1ccccc1C(=O)NC(=S)Nc1ccc(N2CCCC[C@@H]2C)cc1. The number of hydrogen-bond acceptors (Lipinski definition) is 3. The number of carbonyl (C=O) groups excluding carboxylic acids is 1. The molecule has 136 valence electrons. The van der Waals surface area contributed by atoms with E-state index in [1.807, 2.05) is 37.3 Å². The van der Waals surface area contributed by atoms with Crippen molar-refractivity contribution in [2.45, 2.75) is 39.2 Å². The van der Waals surface area contributed by atoms with Crippen molar-refractivity contribution in [3.63, 3.8) is 0 Å². The summed E-state index contributed by atoms with van der Waals surface area (Å²) < 4.78 is 0. The van der Waals surface area contributed by atoms with Crippen LogP contribution in [0.1, 0.15) is 42.1 Å². The first-order chi connectivity index (χ1) is 12.5. The molecule has 2 aromatic carbocycles. The van der Waals surface area contributed by atoms with Crippen molar-refractivity contribution >= 4 is 34.6 Å². The van der Waals surface area contributed by atoms with Gasteiger partial charge in [0.2, 0.25) is 0 Å². The molecule has 4 nitrogen and oxygen atoms in total. The summed E-state index contributed by atoms with van der Waals surface area (Å²) in [5.41, 5.74) is 3.66. The molecule has 26 heavy (non-hydrogen) atoms. The molecule has 1 saturated heterocycles. The van der Waals surface area contributed by atoms with Crippen molar-refractivity contribution in [1.82, 2.24) is 5.32 Å². The first kappa shape index (κ1) is 18.4. The third-order valence-corrected chi connectivity index (χ3v) is 5.08. The number of rotatable bonds is 3. The van der Waals surface area contributed by atoms with Gasteiger partial charge in [-0.25, -0.2) is 0 Å². The van der Waals surface area contributed by atoms with E-state index in [4.69, 9.17) is 12.2 Å². The summed E-state index contributed by atoms with van der Waals surface area (Å²) in [5.74, 6) is -0.195. The second-order valence-corrected chi connectivity index (χ2v) is 7.22. The monoisotopic (exact) mass is 367 g/mol. The molecule has 0 bridgehead atoms. The molecular formula is C21H25N3OS. The second kappa shape index (κ2) is 8.32. The average molecular weight is 368 g/mol. The Balaban J connectivity index is 1.59. The summed E-state index contributed by atoms with van der Waals surface area (Å²) in [6, 6.07) is 16.3. The standard InChI is InChI=1S/C21H25N3OS/c1-15-7-3-4-9-19(15)20(25)23-21(26)22-17-10-12-18(13-11-17)24-14-6-5-8-16(24)2/h3-4,7,9-13,16H,5-6,8,14H2,1-2H3,(H2,22,23,25,26)/t16-/m0/s1. The van der Waals surface area contributed by atoms with Gasteiger partial charge in [-0.1, -0.05) is 18.2 Å². The molecule has 2 aromatic rings. The fourth-order valence-electron chi connectivity index (χ4n) is 3.38. The number of nitrogens with zero attached hydrogens (tertiary/aromatic N) is 1. The van der Waals surface area contributed by atoms with Crippen molar-refractivity contribution in [1.29, 1.82) is 0 Å². The molecule has 1 heterocycles. The molecule has 0 aromatic heterocycles. The van der Waals surface area contributed by atoms with Gasteiger partial charge in [-0.05, 0) is 81.2 Å². The Kier molecular flexibility index (Phi) is 5.89. The van der Waals surface area contributed by atoms with Gasteiger partial charge >= 0.3 is 0 Å². The number of amides is 1. The van der Waals surface area contributed by atoms with E-state index in [0.717, 1.165) is 17.8 Å². The average Bonchev–Trinajstić information content (AvgIpc) is 2.63. The minimum Gasteiger partial charge on any atom is -0.369 e. The summed E-state index contributed by atoms with van der Waals surface area (Å²) in [6.07, 6.45) is 3.81. The van der Waals surface area contributed by atoms with E-state index in [1.165, 1.54) is 24.9 Å². The lowest BCUT2D eigenvalue weighted by Gasteiger charge is -2.35. The number of carbonyl (C=O) groups is 1. The number of anilines is 2. The Labute approximate surface area is 160 Å². The van der Waals surface area contributed by atoms with Gasteiger partial charge in [0.1, 0.15) is 0 Å². The number of hydrogen-bond donors (Lipinski definition) is 2. The highest BCUT2D eigenvalue weighted by Crippen LogP contribution is 2.25. The molecule has 1 amide bonds. The van der Waals surface area contributed by atoms with Crippen LogP contribution < -0.4 is 15.5 Å². The minimum atomic E-state index is -0.195. The van der Waals surface area contributed by atoms with Gasteiger partial charge in [-0.2, -0.15) is 0 Å². The maximum Gasteiger partial charge on any atom is 0.257 e. The van der Waals surface area contributed by atoms with E-state index >= 15 is 0 Å². The summed E-state index contributed by atoms with van der Waals surface area (Å²) in [4.78, 5) is 14.8. The van der Waals surface area contributed by atoms with Crippen LogP contribution in [0.2, 0.25) is 0 Å². The van der Waals surface area contributed by atoms with Crippen molar-refractivity contribution in [3.05, 3.63) is 59.7 Å². The van der Waals surface area contributed by atoms with Gasteiger partial charge < -0.3 is 10.2 Å². The van der Waals surface area contributed by atoms with Crippen LogP contribution in [0, 0.1) is 6.92 Å². The van der Waals surface area contributed by atoms with Gasteiger partial charge in [-0.15, -0.1) is 0 Å². The zero-order valence-electron chi connectivity index (χ0n) is 15.3. The Morgan fingerprint density at radius 1 is 1.12 bits per heavy atom. The van der Waals surface area contributed by atoms with Crippen LogP contribution in [0.5, 0.6) is 0 Å². The first-order valence-electron chi connectivity index (χ1n) is 9.09. The summed E-state index contributed by atoms with van der Waals surface area (Å²) in [7, 11) is 0. The lowest BCUT2D eigenvalue weighted by molar-refractivity contribution is 0.0977. The van der Waals surface area contributed by atoms with E-state index in [0.29, 0.717) is 16.7 Å². The maximum atomic E-state index is 12.3. The normalized spacial score (nSPS) is 16.8. The topological polar surface area (TPSA) is 44.4 Å². The quantitative estimate of drug-likeness (QED) is 0.784. The number of nitrogens with one attached hydrogen (secondary N) is 2. The molecule has 0 unspecified atom stereocenters. The zero-order chi connectivity index (χ0) is 18.5. The molecule has 0 aliphatic carbocycles. The number of thiocarbonyl (C=S) groups is 1. The number of aryl methyl sites for hydroxylation is 1. The lowest BCUT2D eigenvalue weighted by atomic mass is 10.0. The third kappa shape index (κ3) is 4.41. The van der Waals surface area contributed by atoms with Gasteiger partial charge in [0.05, 0.1) is 0 Å². The highest BCUT2D eigenvalue weighted by molar-refractivity contribution is 7.80. The van der Waals surface area contributed by atoms with Crippen molar-refractivity contribution in [3.8, 4) is 0 Å². The summed E-state index contributed by atoms with van der Waals surface area (Å²) in [6.45, 7) is 5.30. The molecule has 0 radical (unpaired) electrons. The van der Waals surface area contributed by atoms with Crippen LogP contribution in [0.25, 0.3) is 0 Å². The van der Waals surface area contributed by atoms with Crippen LogP contribution in [-0.2, 0) is 0 Å². The highest BCUT2D eigenvalue weighted by Gasteiger charge is 2.18. The first-order valence-corrected chi connectivity index (χ1v) is 9.50. The maximum absolute atomic E-state index is 12.3. The highest BCUT2D eigenvalue weighted by atomic mass is 32.1. The predicted octanol–water partition coefficient (Wildman–Crippen LogP) is 4.50. The van der Waals surface area contributed by atoms with Crippen molar-refractivity contribution in [2.75, 3.05) is 16.8 Å². The van der Waals surface area contributed by atoms with E-state index < -0.39 is 0 Å². The van der Waals surface area contributed by atoms with Crippen molar-refractivity contribution < 1.29 is 4.79 Å². The van der Waals surface area contributed by atoms with Crippen LogP contribution in [0.4, 0.5) is 11.4 Å². The van der Waals surface area contributed by atoms with Gasteiger partial charge in [-0.3, -0.25) is 10.1 Å². The number of piperidine rings is 1. The molecule has 0 spiro atoms. The molecule has 1 aliphatic rings. The zero-order valence-corrected chi connectivity index (χ0v) is 16.1. The fourth-order valence-corrected chi connectivity index (χ4v) is 3.59. The predicted molar refractivity (Wildman–Crippen MR) is 112 cm³/mol. The smallest absolute Gasteiger partial charge is 0.257 e. The van der Waals surface area contributed by atoms with Crippen LogP contribution in [-0.4, -0.2) is 23.6 Å². The van der Waals surface area contributed by atoms with Crippen molar-refractivity contribution in [2.24, 2.45) is 0 Å².